The molecule has 0 spiro atoms. The lowest BCUT2D eigenvalue weighted by Crippen LogP contribution is -2.27. The van der Waals surface area contributed by atoms with Crippen LogP contribution in [0.3, 0.4) is 0 Å². The van der Waals surface area contributed by atoms with E-state index in [9.17, 15) is 9.59 Å². The van der Waals surface area contributed by atoms with Gasteiger partial charge in [0.1, 0.15) is 13.6 Å². The van der Waals surface area contributed by atoms with Crippen molar-refractivity contribution in [2.24, 2.45) is 0 Å². The highest BCUT2D eigenvalue weighted by atomic mass is 16.2. The number of Topliss-reactive ketones (excluding diaryl/α,β-unsaturated/α-hetero) is 1. The minimum Gasteiger partial charge on any atom is -0.377 e. The molecular formula is C6H12B3NO2. The first kappa shape index (κ1) is 11.1. The van der Waals surface area contributed by atoms with Gasteiger partial charge in [-0.2, -0.15) is 0 Å². The van der Waals surface area contributed by atoms with Crippen LogP contribution in [0.4, 0.5) is 0 Å². The van der Waals surface area contributed by atoms with Crippen LogP contribution in [0.5, 0.6) is 0 Å². The third-order valence-electron chi connectivity index (χ3n) is 2.05. The van der Waals surface area contributed by atoms with Crippen molar-refractivity contribution in [2.75, 3.05) is 0 Å². The number of hydrogen-bond donors (Lipinski definition) is 0. The van der Waals surface area contributed by atoms with Crippen molar-refractivity contribution in [1.82, 2.24) is 4.81 Å². The van der Waals surface area contributed by atoms with Crippen LogP contribution in [0.15, 0.2) is 11.1 Å². The molecule has 0 rings (SSSR count). The Morgan fingerprint density at radius 3 is 1.83 bits per heavy atom. The third kappa shape index (κ3) is 2.60. The molecule has 1 amide bonds. The second kappa shape index (κ2) is 4.19. The first-order valence-electron chi connectivity index (χ1n) is 3.80. The largest absolute Gasteiger partial charge is 0.377 e. The quantitative estimate of drug-likeness (QED) is 0.330. The van der Waals surface area contributed by atoms with Gasteiger partial charge in [0, 0.05) is 6.92 Å². The van der Waals surface area contributed by atoms with E-state index < -0.39 is 0 Å². The van der Waals surface area contributed by atoms with Gasteiger partial charge in [0.05, 0.1) is 0 Å². The first-order valence-corrected chi connectivity index (χ1v) is 3.80. The Morgan fingerprint density at radius 1 is 1.17 bits per heavy atom. The van der Waals surface area contributed by atoms with Crippen molar-refractivity contribution in [3.8, 4) is 0 Å². The van der Waals surface area contributed by atoms with Crippen LogP contribution in [-0.2, 0) is 9.59 Å². The predicted molar refractivity (Wildman–Crippen MR) is 55.9 cm³/mol. The van der Waals surface area contributed by atoms with Crippen molar-refractivity contribution in [2.45, 2.75) is 13.8 Å². The highest BCUT2D eigenvalue weighted by molar-refractivity contribution is 6.43. The number of rotatable bonds is 2. The van der Waals surface area contributed by atoms with E-state index in [0.29, 0.717) is 5.47 Å². The number of ketones is 1. The smallest absolute Gasteiger partial charge is 0.225 e. The van der Waals surface area contributed by atoms with Gasteiger partial charge in [0.15, 0.2) is 7.85 Å². The minimum atomic E-state index is -0.0619. The zero-order valence-electron chi connectivity index (χ0n) is 8.26. The van der Waals surface area contributed by atoms with Crippen molar-refractivity contribution < 1.29 is 9.59 Å². The zero-order valence-corrected chi connectivity index (χ0v) is 8.26. The van der Waals surface area contributed by atoms with Gasteiger partial charge in [-0.3, -0.25) is 9.59 Å². The van der Waals surface area contributed by atoms with E-state index in [-0.39, 0.29) is 11.7 Å². The van der Waals surface area contributed by atoms with Crippen LogP contribution in [0.2, 0.25) is 0 Å². The lowest BCUT2D eigenvalue weighted by atomic mass is 9.81. The minimum absolute atomic E-state index is 0.000556. The lowest BCUT2D eigenvalue weighted by Gasteiger charge is -2.18. The van der Waals surface area contributed by atoms with Gasteiger partial charge < -0.3 is 4.81 Å². The molecule has 0 aromatic rings. The number of carbonyl (C=O) groups is 2. The predicted octanol–water partition coefficient (Wildman–Crippen LogP) is -2.59. The van der Waals surface area contributed by atoms with Crippen molar-refractivity contribution in [3.05, 3.63) is 11.1 Å². The summed E-state index contributed by atoms with van der Waals surface area (Å²) in [4.78, 5) is 23.3. The molecule has 0 unspecified atom stereocenters. The SMILES string of the molecule is B/C(C(C)=O)=C(\B)N(B)C(C)=O. The van der Waals surface area contributed by atoms with Crippen LogP contribution in [0, 0.1) is 0 Å². The highest BCUT2D eigenvalue weighted by Gasteiger charge is 2.08. The van der Waals surface area contributed by atoms with Crippen LogP contribution >= 0.6 is 0 Å². The second-order valence-electron chi connectivity index (χ2n) is 2.84. The molecule has 0 aliphatic rings. The van der Waals surface area contributed by atoms with Crippen LogP contribution < -0.4 is 0 Å². The Kier molecular flexibility index (Phi) is 3.87. The van der Waals surface area contributed by atoms with E-state index in [4.69, 9.17) is 0 Å². The maximum Gasteiger partial charge on any atom is 0.225 e. The molecule has 0 aliphatic carbocycles. The van der Waals surface area contributed by atoms with Gasteiger partial charge in [0.25, 0.3) is 0 Å². The fraction of sp³-hybridized carbons (Fsp3) is 0.333. The summed E-state index contributed by atoms with van der Waals surface area (Å²) in [7, 11) is 5.14. The molecule has 0 fully saturated rings. The van der Waals surface area contributed by atoms with Crippen molar-refractivity contribution in [1.29, 1.82) is 0 Å². The molecule has 12 heavy (non-hydrogen) atoms. The molecule has 6 heteroatoms. The van der Waals surface area contributed by atoms with Crippen LogP contribution in [0.1, 0.15) is 13.8 Å². The maximum absolute atomic E-state index is 10.9. The molecule has 0 bridgehead atoms. The molecule has 0 saturated carbocycles. The number of amides is 1. The first-order chi connectivity index (χ1) is 5.37. The molecule has 62 valence electrons. The van der Waals surface area contributed by atoms with E-state index >= 15 is 0 Å². The molecular weight excluding hydrogens is 151 g/mol. The number of nitrogens with zero attached hydrogens (tertiary/aromatic N) is 1. The molecule has 3 nitrogen and oxygen atoms in total. The van der Waals surface area contributed by atoms with Gasteiger partial charge >= 0.3 is 0 Å². The summed E-state index contributed by atoms with van der Waals surface area (Å²) in [5, 5.41) is 0. The average molecular weight is 163 g/mol. The molecule has 0 N–H and O–H groups in total. The average Bonchev–Trinajstić information content (AvgIpc) is 2.00. The molecule has 0 atom stereocenters. The molecule has 0 aliphatic heterocycles. The second-order valence-corrected chi connectivity index (χ2v) is 2.84. The maximum atomic E-state index is 10.9. The summed E-state index contributed by atoms with van der Waals surface area (Å²) >= 11 is 0. The molecule has 0 radical (unpaired) electrons. The van der Waals surface area contributed by atoms with Gasteiger partial charge in [-0.1, -0.05) is 0 Å². The fourth-order valence-corrected chi connectivity index (χ4v) is 0.742. The summed E-state index contributed by atoms with van der Waals surface area (Å²) in [6.07, 6.45) is 0. The van der Waals surface area contributed by atoms with Crippen LogP contribution in [-0.4, -0.2) is 40.2 Å². The van der Waals surface area contributed by atoms with E-state index in [1.807, 2.05) is 0 Å². The van der Waals surface area contributed by atoms with Crippen molar-refractivity contribution in [3.63, 3.8) is 0 Å². The molecule has 0 aromatic carbocycles. The number of allylic oxidation sites excluding steroid dienone is 1. The Balaban J connectivity index is 4.78. The standard InChI is InChI=1S/C6H12B3NO2/c1-3(11)5(7)6(8)10(9)4(2)12/h7-9H2,1-2H3/b6-5+. The van der Waals surface area contributed by atoms with E-state index in [1.54, 1.807) is 23.7 Å². The lowest BCUT2D eigenvalue weighted by molar-refractivity contribution is -0.122. The Hall–Kier alpha value is -0.925. The number of carbonyl (C=O) groups excluding carboxylic acids is 2. The van der Waals surface area contributed by atoms with Crippen molar-refractivity contribution >= 4 is 35.4 Å². The van der Waals surface area contributed by atoms with E-state index in [2.05, 4.69) is 0 Å². The van der Waals surface area contributed by atoms with E-state index in [0.717, 1.165) is 5.60 Å². The fourth-order valence-electron chi connectivity index (χ4n) is 0.742. The summed E-state index contributed by atoms with van der Waals surface area (Å²) in [6, 6.07) is 0. The summed E-state index contributed by atoms with van der Waals surface area (Å²) < 4.78 is 0. The topological polar surface area (TPSA) is 37.4 Å². The normalized spacial score (nSPS) is 11.8. The third-order valence-corrected chi connectivity index (χ3v) is 2.05. The van der Waals surface area contributed by atoms with E-state index in [1.165, 1.54) is 18.7 Å². The highest BCUT2D eigenvalue weighted by Crippen LogP contribution is 2.02. The molecule has 0 aromatic heterocycles. The Morgan fingerprint density at radius 2 is 1.58 bits per heavy atom. The summed E-state index contributed by atoms with van der Waals surface area (Å²) in [6.45, 7) is 2.96. The molecule has 0 heterocycles. The zero-order chi connectivity index (χ0) is 9.89. The van der Waals surface area contributed by atoms with Gasteiger partial charge in [-0.05, 0) is 18.0 Å². The molecule has 0 saturated heterocycles. The van der Waals surface area contributed by atoms with Crippen LogP contribution in [0.25, 0.3) is 0 Å². The Bertz CT molecular complexity index is 249. The number of hydrogen-bond acceptors (Lipinski definition) is 2. The van der Waals surface area contributed by atoms with Gasteiger partial charge in [-0.25, -0.2) is 0 Å². The van der Waals surface area contributed by atoms with Gasteiger partial charge in [-0.15, -0.1) is 0 Å². The van der Waals surface area contributed by atoms with Gasteiger partial charge in [0.2, 0.25) is 13.9 Å². The monoisotopic (exact) mass is 163 g/mol. The summed E-state index contributed by atoms with van der Waals surface area (Å²) in [5.74, 6) is -0.0614. The summed E-state index contributed by atoms with van der Waals surface area (Å²) in [5.41, 5.74) is 1.35. The Labute approximate surface area is 75.4 Å².